The van der Waals surface area contributed by atoms with Crippen molar-refractivity contribution in [1.82, 2.24) is 14.5 Å². The van der Waals surface area contributed by atoms with Crippen LogP contribution in [0.2, 0.25) is 0 Å². The van der Waals surface area contributed by atoms with Crippen molar-refractivity contribution in [2.75, 3.05) is 0 Å². The average Bonchev–Trinajstić information content (AvgIpc) is 2.80. The Balaban J connectivity index is 2.23. The van der Waals surface area contributed by atoms with E-state index in [2.05, 4.69) is 9.97 Å². The molecule has 0 aliphatic carbocycles. The molecular weight excluding hydrogens is 305 g/mol. The van der Waals surface area contributed by atoms with Gasteiger partial charge in [-0.3, -0.25) is 4.98 Å². The molecule has 3 rings (SSSR count). The van der Waals surface area contributed by atoms with Gasteiger partial charge in [-0.1, -0.05) is 0 Å². The number of aryl methyl sites for hydroxylation is 1. The van der Waals surface area contributed by atoms with Crippen LogP contribution in [0, 0.1) is 11.6 Å². The van der Waals surface area contributed by atoms with Gasteiger partial charge in [0.15, 0.2) is 11.6 Å². The van der Waals surface area contributed by atoms with Crippen molar-refractivity contribution < 1.29 is 22.0 Å². The Hall–Kier alpha value is -2.51. The summed E-state index contributed by atoms with van der Waals surface area (Å²) in [6.07, 6.45) is -2.68. The van der Waals surface area contributed by atoms with Crippen LogP contribution in [-0.2, 0) is 13.2 Å². The molecular formula is C14H8F5N3. The Bertz CT molecular complexity index is 867. The first kappa shape index (κ1) is 14.4. The molecule has 0 N–H and O–H groups in total. The first-order valence-corrected chi connectivity index (χ1v) is 6.12. The molecule has 0 aliphatic heterocycles. The minimum Gasteiger partial charge on any atom is -0.325 e. The first-order valence-electron chi connectivity index (χ1n) is 6.12. The highest BCUT2D eigenvalue weighted by Crippen LogP contribution is 2.32. The Morgan fingerprint density at radius 2 is 1.82 bits per heavy atom. The van der Waals surface area contributed by atoms with Gasteiger partial charge in [0.05, 0.1) is 11.1 Å². The number of rotatable bonds is 1. The molecule has 2 aromatic heterocycles. The van der Waals surface area contributed by atoms with Crippen molar-refractivity contribution in [3.63, 3.8) is 0 Å². The maximum absolute atomic E-state index is 13.8. The van der Waals surface area contributed by atoms with Gasteiger partial charge < -0.3 is 4.57 Å². The maximum atomic E-state index is 13.8. The minimum absolute atomic E-state index is 0.0633. The molecule has 114 valence electrons. The van der Waals surface area contributed by atoms with Crippen molar-refractivity contribution in [3.8, 4) is 11.4 Å². The number of benzene rings is 1. The third-order valence-electron chi connectivity index (χ3n) is 3.25. The van der Waals surface area contributed by atoms with E-state index in [0.717, 1.165) is 12.1 Å². The summed E-state index contributed by atoms with van der Waals surface area (Å²) in [4.78, 5) is 7.59. The molecule has 0 spiro atoms. The SMILES string of the molecule is Cn1c(-c2cncc(C(F)(F)F)c2)nc2ccc(F)c(F)c21. The van der Waals surface area contributed by atoms with Gasteiger partial charge in [0, 0.05) is 25.0 Å². The van der Waals surface area contributed by atoms with Gasteiger partial charge in [-0.15, -0.1) is 0 Å². The normalized spacial score (nSPS) is 12.1. The zero-order valence-corrected chi connectivity index (χ0v) is 11.1. The van der Waals surface area contributed by atoms with Gasteiger partial charge in [-0.2, -0.15) is 13.2 Å². The zero-order valence-electron chi connectivity index (χ0n) is 11.1. The average molecular weight is 313 g/mol. The lowest BCUT2D eigenvalue weighted by Gasteiger charge is -2.08. The Kier molecular flexibility index (Phi) is 3.12. The van der Waals surface area contributed by atoms with E-state index >= 15 is 0 Å². The molecule has 0 atom stereocenters. The highest BCUT2D eigenvalue weighted by molar-refractivity contribution is 5.81. The van der Waals surface area contributed by atoms with Crippen LogP contribution in [0.25, 0.3) is 22.4 Å². The summed E-state index contributed by atoms with van der Waals surface area (Å²) in [5, 5.41) is 0. The number of alkyl halides is 3. The summed E-state index contributed by atoms with van der Waals surface area (Å²) in [5.41, 5.74) is -0.849. The van der Waals surface area contributed by atoms with E-state index in [1.807, 2.05) is 0 Å². The van der Waals surface area contributed by atoms with Crippen LogP contribution in [0.3, 0.4) is 0 Å². The lowest BCUT2D eigenvalue weighted by molar-refractivity contribution is -0.137. The summed E-state index contributed by atoms with van der Waals surface area (Å²) < 4.78 is 66.5. The topological polar surface area (TPSA) is 30.7 Å². The lowest BCUT2D eigenvalue weighted by Crippen LogP contribution is -2.06. The number of halogens is 5. The maximum Gasteiger partial charge on any atom is 0.417 e. The van der Waals surface area contributed by atoms with Crippen LogP contribution in [0.1, 0.15) is 5.56 Å². The molecule has 0 saturated carbocycles. The molecule has 2 heterocycles. The van der Waals surface area contributed by atoms with Gasteiger partial charge in [-0.05, 0) is 18.2 Å². The fourth-order valence-corrected chi connectivity index (χ4v) is 2.21. The molecule has 0 unspecified atom stereocenters. The summed E-state index contributed by atoms with van der Waals surface area (Å²) in [6.45, 7) is 0. The highest BCUT2D eigenvalue weighted by atomic mass is 19.4. The smallest absolute Gasteiger partial charge is 0.325 e. The second-order valence-electron chi connectivity index (χ2n) is 4.68. The van der Waals surface area contributed by atoms with Gasteiger partial charge in [0.1, 0.15) is 11.3 Å². The summed E-state index contributed by atoms with van der Waals surface area (Å²) in [6, 6.07) is 3.04. The van der Waals surface area contributed by atoms with Crippen molar-refractivity contribution >= 4 is 11.0 Å². The fraction of sp³-hybridized carbons (Fsp3) is 0.143. The predicted octanol–water partition coefficient (Wildman–Crippen LogP) is 3.93. The largest absolute Gasteiger partial charge is 0.417 e. The second kappa shape index (κ2) is 4.75. The molecule has 8 heteroatoms. The molecule has 0 aliphatic rings. The van der Waals surface area contributed by atoms with Crippen molar-refractivity contribution in [3.05, 3.63) is 47.8 Å². The first-order chi connectivity index (χ1) is 10.3. The molecule has 3 nitrogen and oxygen atoms in total. The molecule has 0 bridgehead atoms. The number of hydrogen-bond acceptors (Lipinski definition) is 2. The van der Waals surface area contributed by atoms with E-state index in [1.54, 1.807) is 0 Å². The minimum atomic E-state index is -4.55. The van der Waals surface area contributed by atoms with Gasteiger partial charge in [0.25, 0.3) is 0 Å². The molecule has 0 saturated heterocycles. The van der Waals surface area contributed by atoms with Crippen LogP contribution < -0.4 is 0 Å². The van der Waals surface area contributed by atoms with E-state index < -0.39 is 23.4 Å². The van der Waals surface area contributed by atoms with Crippen molar-refractivity contribution in [2.24, 2.45) is 7.05 Å². The van der Waals surface area contributed by atoms with E-state index in [9.17, 15) is 22.0 Å². The van der Waals surface area contributed by atoms with E-state index in [-0.39, 0.29) is 22.4 Å². The third kappa shape index (κ3) is 2.20. The Morgan fingerprint density at radius 3 is 2.50 bits per heavy atom. The molecule has 0 fully saturated rings. The molecule has 0 radical (unpaired) electrons. The lowest BCUT2D eigenvalue weighted by atomic mass is 10.2. The quantitative estimate of drug-likeness (QED) is 0.637. The second-order valence-corrected chi connectivity index (χ2v) is 4.68. The Morgan fingerprint density at radius 1 is 1.09 bits per heavy atom. The van der Waals surface area contributed by atoms with E-state index in [0.29, 0.717) is 6.20 Å². The molecule has 22 heavy (non-hydrogen) atoms. The summed E-state index contributed by atoms with van der Waals surface area (Å²) in [7, 11) is 1.40. The Labute approximate surface area is 121 Å². The molecule has 3 aromatic rings. The van der Waals surface area contributed by atoms with Gasteiger partial charge in [0.2, 0.25) is 0 Å². The number of imidazole rings is 1. The molecule has 0 amide bonds. The fourth-order valence-electron chi connectivity index (χ4n) is 2.21. The van der Waals surface area contributed by atoms with Crippen LogP contribution in [0.5, 0.6) is 0 Å². The van der Waals surface area contributed by atoms with Gasteiger partial charge in [-0.25, -0.2) is 13.8 Å². The summed E-state index contributed by atoms with van der Waals surface area (Å²) in [5.74, 6) is -2.08. The van der Waals surface area contributed by atoms with Crippen LogP contribution in [0.4, 0.5) is 22.0 Å². The zero-order chi connectivity index (χ0) is 16.1. The van der Waals surface area contributed by atoms with Crippen LogP contribution in [0.15, 0.2) is 30.6 Å². The monoisotopic (exact) mass is 313 g/mol. The number of fused-ring (bicyclic) bond motifs is 1. The standard InChI is InChI=1S/C14H8F5N3/c1-22-12-10(3-2-9(15)11(12)16)21-13(22)7-4-8(6-20-5-7)14(17,18)19/h2-6H,1H3. The number of pyridine rings is 1. The predicted molar refractivity (Wildman–Crippen MR) is 68.9 cm³/mol. The van der Waals surface area contributed by atoms with Crippen molar-refractivity contribution in [2.45, 2.75) is 6.18 Å². The van der Waals surface area contributed by atoms with Crippen LogP contribution >= 0.6 is 0 Å². The third-order valence-corrected chi connectivity index (χ3v) is 3.25. The van der Waals surface area contributed by atoms with E-state index in [4.69, 9.17) is 0 Å². The number of nitrogens with zero attached hydrogens (tertiary/aromatic N) is 3. The summed E-state index contributed by atoms with van der Waals surface area (Å²) >= 11 is 0. The highest BCUT2D eigenvalue weighted by Gasteiger charge is 2.31. The van der Waals surface area contributed by atoms with E-state index in [1.165, 1.54) is 23.9 Å². The van der Waals surface area contributed by atoms with Crippen molar-refractivity contribution in [1.29, 1.82) is 0 Å². The molecule has 1 aromatic carbocycles. The van der Waals surface area contributed by atoms with Gasteiger partial charge >= 0.3 is 6.18 Å². The number of aromatic nitrogens is 3. The van der Waals surface area contributed by atoms with Crippen LogP contribution in [-0.4, -0.2) is 14.5 Å². The number of hydrogen-bond donors (Lipinski definition) is 0.